The average Bonchev–Trinajstić information content (AvgIpc) is 3.36. The summed E-state index contributed by atoms with van der Waals surface area (Å²) in [7, 11) is 0. The highest BCUT2D eigenvalue weighted by Crippen LogP contribution is 2.24. The lowest BCUT2D eigenvalue weighted by atomic mass is 10.1. The fraction of sp³-hybridized carbons (Fsp3) is 0.238. The van der Waals surface area contributed by atoms with Gasteiger partial charge in [0.05, 0.1) is 12.6 Å². The van der Waals surface area contributed by atoms with Crippen molar-refractivity contribution in [1.82, 2.24) is 15.5 Å². The maximum atomic E-state index is 12.7. The molecule has 1 unspecified atom stereocenters. The summed E-state index contributed by atoms with van der Waals surface area (Å²) in [6.07, 6.45) is -0.355. The van der Waals surface area contributed by atoms with Crippen LogP contribution >= 0.6 is 0 Å². The first kappa shape index (κ1) is 18.7. The van der Waals surface area contributed by atoms with E-state index in [0.29, 0.717) is 36.1 Å². The van der Waals surface area contributed by atoms with Gasteiger partial charge in [-0.3, -0.25) is 9.69 Å². The van der Waals surface area contributed by atoms with Gasteiger partial charge >= 0.3 is 6.09 Å². The Bertz CT molecular complexity index is 1060. The van der Waals surface area contributed by atoms with Gasteiger partial charge in [0.2, 0.25) is 11.8 Å². The molecule has 2 heterocycles. The molecule has 1 aromatic heterocycles. The van der Waals surface area contributed by atoms with E-state index >= 15 is 0 Å². The predicted molar refractivity (Wildman–Crippen MR) is 105 cm³/mol. The number of carbonyl (C=O) groups excluding carboxylic acids is 2. The number of amides is 2. The van der Waals surface area contributed by atoms with Crippen molar-refractivity contribution in [2.45, 2.75) is 19.9 Å². The van der Waals surface area contributed by atoms with Crippen LogP contribution in [0.2, 0.25) is 0 Å². The summed E-state index contributed by atoms with van der Waals surface area (Å²) >= 11 is 0. The quantitative estimate of drug-likeness (QED) is 0.714. The van der Waals surface area contributed by atoms with Crippen LogP contribution in [0.25, 0.3) is 11.5 Å². The number of anilines is 1. The van der Waals surface area contributed by atoms with Crippen molar-refractivity contribution in [2.75, 3.05) is 18.1 Å². The smallest absolute Gasteiger partial charge is 0.414 e. The molecule has 0 saturated carbocycles. The van der Waals surface area contributed by atoms with Crippen LogP contribution < -0.4 is 10.2 Å². The molecule has 4 rings (SSSR count). The zero-order valence-corrected chi connectivity index (χ0v) is 16.1. The first-order valence-corrected chi connectivity index (χ1v) is 9.27. The molecule has 8 nitrogen and oxygen atoms in total. The second-order valence-electron chi connectivity index (χ2n) is 6.76. The van der Waals surface area contributed by atoms with Crippen LogP contribution in [0.1, 0.15) is 34.8 Å². The van der Waals surface area contributed by atoms with E-state index in [0.717, 1.165) is 11.3 Å². The second kappa shape index (κ2) is 7.75. The zero-order valence-electron chi connectivity index (χ0n) is 16.1. The van der Waals surface area contributed by atoms with Gasteiger partial charge in [-0.25, -0.2) is 4.79 Å². The Balaban J connectivity index is 1.49. The van der Waals surface area contributed by atoms with E-state index in [1.54, 1.807) is 30.0 Å². The Morgan fingerprint density at radius 3 is 2.72 bits per heavy atom. The maximum absolute atomic E-state index is 12.7. The molecule has 29 heavy (non-hydrogen) atoms. The van der Waals surface area contributed by atoms with Crippen molar-refractivity contribution in [2.24, 2.45) is 0 Å². The van der Waals surface area contributed by atoms with Crippen molar-refractivity contribution in [3.8, 4) is 11.5 Å². The number of aryl methyl sites for hydroxylation is 1. The Kier molecular flexibility index (Phi) is 4.99. The summed E-state index contributed by atoms with van der Waals surface area (Å²) in [5.74, 6) is 0.613. The second-order valence-corrected chi connectivity index (χ2v) is 6.76. The van der Waals surface area contributed by atoms with Gasteiger partial charge in [-0.15, -0.1) is 10.2 Å². The standard InChI is InChI=1S/C21H20N4O4/c1-13(15-5-4-8-18(12-15)25-9-10-28-21(25)27)22-19(26)16-6-3-7-17(11-16)20-24-23-14(2)29-20/h3-8,11-13H,9-10H2,1-2H3,(H,22,26). The van der Waals surface area contributed by atoms with Crippen LogP contribution in [0.4, 0.5) is 10.5 Å². The molecular formula is C21H20N4O4. The molecule has 1 saturated heterocycles. The van der Waals surface area contributed by atoms with E-state index in [1.807, 2.05) is 37.3 Å². The Labute approximate surface area is 167 Å². The van der Waals surface area contributed by atoms with Gasteiger partial charge in [0.1, 0.15) is 6.61 Å². The molecule has 3 aromatic rings. The van der Waals surface area contributed by atoms with Gasteiger partial charge in [-0.2, -0.15) is 0 Å². The topological polar surface area (TPSA) is 97.6 Å². The molecule has 1 fully saturated rings. The summed E-state index contributed by atoms with van der Waals surface area (Å²) in [6, 6.07) is 14.3. The van der Waals surface area contributed by atoms with Gasteiger partial charge in [0.25, 0.3) is 5.91 Å². The Hall–Kier alpha value is -3.68. The van der Waals surface area contributed by atoms with Gasteiger partial charge in [0, 0.05) is 23.7 Å². The van der Waals surface area contributed by atoms with E-state index in [9.17, 15) is 9.59 Å². The van der Waals surface area contributed by atoms with E-state index in [1.165, 1.54) is 0 Å². The maximum Gasteiger partial charge on any atom is 0.414 e. The largest absolute Gasteiger partial charge is 0.447 e. The highest BCUT2D eigenvalue weighted by Gasteiger charge is 2.24. The number of benzene rings is 2. The van der Waals surface area contributed by atoms with Crippen molar-refractivity contribution >= 4 is 17.7 Å². The van der Waals surface area contributed by atoms with Gasteiger partial charge in [0.15, 0.2) is 0 Å². The molecule has 1 aliphatic rings. The van der Waals surface area contributed by atoms with E-state index < -0.39 is 0 Å². The van der Waals surface area contributed by atoms with Crippen molar-refractivity contribution < 1.29 is 18.7 Å². The molecule has 8 heteroatoms. The molecule has 2 aromatic carbocycles. The van der Waals surface area contributed by atoms with Gasteiger partial charge < -0.3 is 14.5 Å². The minimum Gasteiger partial charge on any atom is -0.447 e. The number of nitrogens with one attached hydrogen (secondary N) is 1. The van der Waals surface area contributed by atoms with Crippen LogP contribution in [0.15, 0.2) is 52.9 Å². The third-order valence-electron chi connectivity index (χ3n) is 4.69. The molecule has 1 N–H and O–H groups in total. The highest BCUT2D eigenvalue weighted by atomic mass is 16.6. The van der Waals surface area contributed by atoms with Crippen LogP contribution in [0.3, 0.4) is 0 Å². The molecule has 148 valence electrons. The van der Waals surface area contributed by atoms with Crippen LogP contribution in [0.5, 0.6) is 0 Å². The number of aromatic nitrogens is 2. The fourth-order valence-electron chi connectivity index (χ4n) is 3.16. The summed E-state index contributed by atoms with van der Waals surface area (Å²) in [6.45, 7) is 4.51. The summed E-state index contributed by atoms with van der Waals surface area (Å²) < 4.78 is 10.4. The Morgan fingerprint density at radius 1 is 1.17 bits per heavy atom. The third-order valence-corrected chi connectivity index (χ3v) is 4.69. The molecule has 1 atom stereocenters. The van der Waals surface area contributed by atoms with Crippen molar-refractivity contribution in [3.05, 3.63) is 65.5 Å². The first-order valence-electron chi connectivity index (χ1n) is 9.27. The fourth-order valence-corrected chi connectivity index (χ4v) is 3.16. The Morgan fingerprint density at radius 2 is 2.00 bits per heavy atom. The SMILES string of the molecule is Cc1nnc(-c2cccc(C(=O)NC(C)c3cccc(N4CCOC4=O)c3)c2)o1. The summed E-state index contributed by atoms with van der Waals surface area (Å²) in [5.41, 5.74) is 2.81. The average molecular weight is 392 g/mol. The lowest BCUT2D eigenvalue weighted by Crippen LogP contribution is -2.27. The zero-order chi connectivity index (χ0) is 20.4. The number of ether oxygens (including phenoxy) is 1. The number of cyclic esters (lactones) is 1. The molecule has 0 radical (unpaired) electrons. The minimum atomic E-state index is -0.355. The lowest BCUT2D eigenvalue weighted by molar-refractivity contribution is 0.0940. The predicted octanol–water partition coefficient (Wildman–Crippen LogP) is 3.49. The summed E-state index contributed by atoms with van der Waals surface area (Å²) in [5, 5.41) is 10.8. The molecule has 2 amide bonds. The highest BCUT2D eigenvalue weighted by molar-refractivity contribution is 5.95. The van der Waals surface area contributed by atoms with Crippen molar-refractivity contribution in [3.63, 3.8) is 0 Å². The molecule has 0 bridgehead atoms. The number of hydrogen-bond donors (Lipinski definition) is 1. The van der Waals surface area contributed by atoms with Crippen LogP contribution in [-0.4, -0.2) is 35.3 Å². The number of rotatable bonds is 5. The van der Waals surface area contributed by atoms with Crippen LogP contribution in [-0.2, 0) is 4.74 Å². The third kappa shape index (κ3) is 3.96. The molecular weight excluding hydrogens is 372 g/mol. The normalized spacial score (nSPS) is 14.6. The summed E-state index contributed by atoms with van der Waals surface area (Å²) in [4.78, 5) is 26.1. The first-order chi connectivity index (χ1) is 14.0. The number of carbonyl (C=O) groups is 2. The molecule has 0 spiro atoms. The van der Waals surface area contributed by atoms with Crippen molar-refractivity contribution in [1.29, 1.82) is 0 Å². The number of hydrogen-bond acceptors (Lipinski definition) is 6. The number of nitrogens with zero attached hydrogens (tertiary/aromatic N) is 3. The molecule has 1 aliphatic heterocycles. The van der Waals surface area contributed by atoms with E-state index in [4.69, 9.17) is 9.15 Å². The van der Waals surface area contributed by atoms with E-state index in [2.05, 4.69) is 15.5 Å². The lowest BCUT2D eigenvalue weighted by Gasteiger charge is -2.18. The molecule has 0 aliphatic carbocycles. The minimum absolute atomic E-state index is 0.221. The van der Waals surface area contributed by atoms with Gasteiger partial charge in [-0.05, 0) is 42.8 Å². The van der Waals surface area contributed by atoms with E-state index in [-0.39, 0.29) is 18.0 Å². The monoisotopic (exact) mass is 392 g/mol. The van der Waals surface area contributed by atoms with Crippen LogP contribution in [0, 0.1) is 6.92 Å². The van der Waals surface area contributed by atoms with Gasteiger partial charge in [-0.1, -0.05) is 18.2 Å².